The van der Waals surface area contributed by atoms with Gasteiger partial charge in [-0.2, -0.15) is 0 Å². The number of rotatable bonds is 6. The Morgan fingerprint density at radius 1 is 0.966 bits per heavy atom. The van der Waals surface area contributed by atoms with E-state index in [2.05, 4.69) is 12.2 Å². The maximum Gasteiger partial charge on any atom is 0.255 e. The van der Waals surface area contributed by atoms with E-state index in [9.17, 15) is 9.59 Å². The van der Waals surface area contributed by atoms with E-state index in [-0.39, 0.29) is 11.8 Å². The van der Waals surface area contributed by atoms with Crippen LogP contribution in [0.15, 0.2) is 78.9 Å². The molecule has 0 aromatic heterocycles. The van der Waals surface area contributed by atoms with E-state index < -0.39 is 6.04 Å². The molecule has 1 aliphatic heterocycles. The van der Waals surface area contributed by atoms with Gasteiger partial charge >= 0.3 is 0 Å². The molecule has 29 heavy (non-hydrogen) atoms. The lowest BCUT2D eigenvalue weighted by Gasteiger charge is -2.27. The molecule has 0 saturated heterocycles. The van der Waals surface area contributed by atoms with E-state index >= 15 is 0 Å². The third-order valence-electron chi connectivity index (χ3n) is 5.40. The Morgan fingerprint density at radius 2 is 1.69 bits per heavy atom. The minimum atomic E-state index is -0.581. The molecule has 0 saturated carbocycles. The van der Waals surface area contributed by atoms with Gasteiger partial charge in [0.15, 0.2) is 0 Å². The summed E-state index contributed by atoms with van der Waals surface area (Å²) in [6.45, 7) is 2.54. The molecule has 4 rings (SSSR count). The standard InChI is InChI=1S/C25H24N2O2/c1-2-18-11-8-13-21(15-18)26-24(28)23(16-19-9-4-3-5-10-19)27-17-20-12-6-7-14-22(20)25(27)29/h3-15,23H,2,16-17H2,1H3,(H,26,28). The highest BCUT2D eigenvalue weighted by atomic mass is 16.2. The van der Waals surface area contributed by atoms with Crippen LogP contribution in [0.5, 0.6) is 0 Å². The van der Waals surface area contributed by atoms with E-state index in [1.807, 2.05) is 78.9 Å². The normalized spacial score (nSPS) is 13.8. The van der Waals surface area contributed by atoms with E-state index in [0.717, 1.165) is 28.8 Å². The van der Waals surface area contributed by atoms with Gasteiger partial charge in [0.25, 0.3) is 5.91 Å². The Labute approximate surface area is 171 Å². The smallest absolute Gasteiger partial charge is 0.255 e. The van der Waals surface area contributed by atoms with Crippen LogP contribution in [-0.2, 0) is 24.2 Å². The predicted octanol–water partition coefficient (Wildman–Crippen LogP) is 4.45. The molecule has 3 aromatic carbocycles. The fraction of sp³-hybridized carbons (Fsp3) is 0.200. The molecular formula is C25H24N2O2. The van der Waals surface area contributed by atoms with Crippen molar-refractivity contribution in [3.8, 4) is 0 Å². The fourth-order valence-corrected chi connectivity index (χ4v) is 3.80. The molecular weight excluding hydrogens is 360 g/mol. The molecule has 0 spiro atoms. The lowest BCUT2D eigenvalue weighted by molar-refractivity contribution is -0.120. The minimum Gasteiger partial charge on any atom is -0.324 e. The zero-order chi connectivity index (χ0) is 20.2. The molecule has 4 nitrogen and oxygen atoms in total. The van der Waals surface area contributed by atoms with Gasteiger partial charge in [-0.3, -0.25) is 9.59 Å². The van der Waals surface area contributed by atoms with Crippen molar-refractivity contribution in [2.24, 2.45) is 0 Å². The van der Waals surface area contributed by atoms with Crippen LogP contribution in [0.3, 0.4) is 0 Å². The lowest BCUT2D eigenvalue weighted by Crippen LogP contribution is -2.45. The number of hydrogen-bond donors (Lipinski definition) is 1. The third kappa shape index (κ3) is 4.06. The molecule has 4 heteroatoms. The maximum absolute atomic E-state index is 13.3. The van der Waals surface area contributed by atoms with E-state index in [0.29, 0.717) is 18.5 Å². The van der Waals surface area contributed by atoms with Gasteiger partial charge in [0.1, 0.15) is 6.04 Å². The second-order valence-corrected chi connectivity index (χ2v) is 7.34. The van der Waals surface area contributed by atoms with Gasteiger partial charge < -0.3 is 10.2 Å². The number of benzene rings is 3. The van der Waals surface area contributed by atoms with Crippen LogP contribution >= 0.6 is 0 Å². The van der Waals surface area contributed by atoms with Crippen LogP contribution in [0.25, 0.3) is 0 Å². The number of carbonyl (C=O) groups is 2. The number of carbonyl (C=O) groups excluding carboxylic acids is 2. The van der Waals surface area contributed by atoms with E-state index in [4.69, 9.17) is 0 Å². The number of aryl methyl sites for hydroxylation is 1. The summed E-state index contributed by atoms with van der Waals surface area (Å²) in [6, 6.07) is 24.7. The zero-order valence-corrected chi connectivity index (χ0v) is 16.5. The van der Waals surface area contributed by atoms with Gasteiger partial charge in [-0.05, 0) is 41.3 Å². The molecule has 1 unspecified atom stereocenters. The first kappa shape index (κ1) is 18.9. The van der Waals surface area contributed by atoms with Crippen LogP contribution in [0.1, 0.15) is 34.0 Å². The van der Waals surface area contributed by atoms with Gasteiger partial charge in [-0.15, -0.1) is 0 Å². The average Bonchev–Trinajstić information content (AvgIpc) is 3.09. The van der Waals surface area contributed by atoms with E-state index in [1.54, 1.807) is 4.90 Å². The minimum absolute atomic E-state index is 0.0843. The Bertz CT molecular complexity index is 1030. The summed E-state index contributed by atoms with van der Waals surface area (Å²) < 4.78 is 0. The molecule has 0 bridgehead atoms. The number of nitrogens with one attached hydrogen (secondary N) is 1. The number of nitrogens with zero attached hydrogens (tertiary/aromatic N) is 1. The first-order valence-electron chi connectivity index (χ1n) is 9.98. The average molecular weight is 384 g/mol. The van der Waals surface area contributed by atoms with Gasteiger partial charge in [-0.25, -0.2) is 0 Å². The predicted molar refractivity (Wildman–Crippen MR) is 115 cm³/mol. The Morgan fingerprint density at radius 3 is 2.45 bits per heavy atom. The molecule has 1 heterocycles. The van der Waals surface area contributed by atoms with Crippen molar-refractivity contribution >= 4 is 17.5 Å². The van der Waals surface area contributed by atoms with E-state index in [1.165, 1.54) is 0 Å². The van der Waals surface area contributed by atoms with Crippen molar-refractivity contribution < 1.29 is 9.59 Å². The van der Waals surface area contributed by atoms with Crippen LogP contribution in [0.2, 0.25) is 0 Å². The maximum atomic E-state index is 13.3. The molecule has 146 valence electrons. The molecule has 2 amide bonds. The summed E-state index contributed by atoms with van der Waals surface area (Å²) >= 11 is 0. The van der Waals surface area contributed by atoms with Crippen LogP contribution in [0.4, 0.5) is 5.69 Å². The second-order valence-electron chi connectivity index (χ2n) is 7.34. The summed E-state index contributed by atoms with van der Waals surface area (Å²) in [5.74, 6) is -0.248. The number of hydrogen-bond acceptors (Lipinski definition) is 2. The van der Waals surface area contributed by atoms with Gasteiger partial charge in [0.05, 0.1) is 0 Å². The van der Waals surface area contributed by atoms with Crippen molar-refractivity contribution in [3.63, 3.8) is 0 Å². The Hall–Kier alpha value is -3.40. The second kappa shape index (κ2) is 8.31. The summed E-state index contributed by atoms with van der Waals surface area (Å²) in [4.78, 5) is 28.0. The Kier molecular flexibility index (Phi) is 5.43. The summed E-state index contributed by atoms with van der Waals surface area (Å²) in [5.41, 5.74) is 4.60. The van der Waals surface area contributed by atoms with Crippen LogP contribution < -0.4 is 5.32 Å². The van der Waals surface area contributed by atoms with Crippen LogP contribution in [0, 0.1) is 0 Å². The quantitative estimate of drug-likeness (QED) is 0.682. The van der Waals surface area contributed by atoms with Gasteiger partial charge in [-0.1, -0.05) is 67.6 Å². The van der Waals surface area contributed by atoms with Crippen molar-refractivity contribution in [3.05, 3.63) is 101 Å². The summed E-state index contributed by atoms with van der Waals surface area (Å²) in [6.07, 6.45) is 1.37. The van der Waals surface area contributed by atoms with Crippen molar-refractivity contribution in [2.75, 3.05) is 5.32 Å². The van der Waals surface area contributed by atoms with Crippen LogP contribution in [-0.4, -0.2) is 22.8 Å². The molecule has 1 atom stereocenters. The number of fused-ring (bicyclic) bond motifs is 1. The molecule has 1 aliphatic rings. The monoisotopic (exact) mass is 384 g/mol. The Balaban J connectivity index is 1.62. The van der Waals surface area contributed by atoms with Crippen molar-refractivity contribution in [1.29, 1.82) is 0 Å². The van der Waals surface area contributed by atoms with Gasteiger partial charge in [0.2, 0.25) is 5.91 Å². The van der Waals surface area contributed by atoms with Crippen molar-refractivity contribution in [2.45, 2.75) is 32.4 Å². The molecule has 0 fully saturated rings. The lowest BCUT2D eigenvalue weighted by atomic mass is 10.0. The first-order valence-corrected chi connectivity index (χ1v) is 9.98. The highest BCUT2D eigenvalue weighted by Crippen LogP contribution is 2.26. The van der Waals surface area contributed by atoms with Crippen molar-refractivity contribution in [1.82, 2.24) is 4.90 Å². The molecule has 3 aromatic rings. The van der Waals surface area contributed by atoms with Gasteiger partial charge in [0, 0.05) is 24.2 Å². The molecule has 0 radical (unpaired) electrons. The number of anilines is 1. The third-order valence-corrected chi connectivity index (χ3v) is 5.40. The SMILES string of the molecule is CCc1cccc(NC(=O)C(Cc2ccccc2)N2Cc3ccccc3C2=O)c1. The largest absolute Gasteiger partial charge is 0.324 e. The highest BCUT2D eigenvalue weighted by Gasteiger charge is 2.36. The topological polar surface area (TPSA) is 49.4 Å². The highest BCUT2D eigenvalue weighted by molar-refractivity contribution is 6.03. The molecule has 0 aliphatic carbocycles. The fourth-order valence-electron chi connectivity index (χ4n) is 3.80. The first-order chi connectivity index (χ1) is 14.2. The summed E-state index contributed by atoms with van der Waals surface area (Å²) in [5, 5.41) is 3.03. The summed E-state index contributed by atoms with van der Waals surface area (Å²) in [7, 11) is 0. The molecule has 1 N–H and O–H groups in total. The number of amides is 2. The zero-order valence-electron chi connectivity index (χ0n) is 16.5.